The van der Waals surface area contributed by atoms with Gasteiger partial charge in [0, 0.05) is 43.4 Å². The molecule has 0 aromatic heterocycles. The fourth-order valence-electron chi connectivity index (χ4n) is 5.17. The number of piperazine rings is 1. The van der Waals surface area contributed by atoms with E-state index in [0.717, 1.165) is 37.1 Å². The van der Waals surface area contributed by atoms with E-state index in [4.69, 9.17) is 16.3 Å². The monoisotopic (exact) mass is 404 g/mol. The van der Waals surface area contributed by atoms with Gasteiger partial charge in [0.05, 0.1) is 19.3 Å². The summed E-state index contributed by atoms with van der Waals surface area (Å²) in [5.41, 5.74) is 3.07. The summed E-state index contributed by atoms with van der Waals surface area (Å²) < 4.78 is 5.90. The average molecular weight is 405 g/mol. The normalized spacial score (nSPS) is 27.9. The Morgan fingerprint density at radius 3 is 2.71 bits per heavy atom. The van der Waals surface area contributed by atoms with Crippen molar-refractivity contribution in [3.05, 3.63) is 40.9 Å². The SMILES string of the molecule is CC1(C)[C@@H]2CC=C(COC[C@H](O)CN3CCN(c4cccc(Cl)c4)CC3)[C@H]1C2. The van der Waals surface area contributed by atoms with Crippen molar-refractivity contribution in [1.82, 2.24) is 4.90 Å². The molecule has 1 N–H and O–H groups in total. The fraction of sp³-hybridized carbons (Fsp3) is 0.652. The third-order valence-corrected chi connectivity index (χ3v) is 7.41. The number of β-amino-alcohol motifs (C(OH)–C–C–N with tert-alkyl or cyclic N) is 1. The zero-order valence-electron chi connectivity index (χ0n) is 17.1. The molecule has 3 aliphatic carbocycles. The van der Waals surface area contributed by atoms with E-state index >= 15 is 0 Å². The number of rotatable bonds is 7. The van der Waals surface area contributed by atoms with Crippen LogP contribution in [0.25, 0.3) is 0 Å². The highest BCUT2D eigenvalue weighted by atomic mass is 35.5. The van der Waals surface area contributed by atoms with Crippen LogP contribution in [0, 0.1) is 17.3 Å². The molecule has 5 heteroatoms. The Hall–Kier alpha value is -1.07. The number of halogens is 1. The van der Waals surface area contributed by atoms with Crippen molar-refractivity contribution < 1.29 is 9.84 Å². The van der Waals surface area contributed by atoms with E-state index in [9.17, 15) is 5.11 Å². The Bertz CT molecular complexity index is 712. The summed E-state index contributed by atoms with van der Waals surface area (Å²) in [4.78, 5) is 4.68. The van der Waals surface area contributed by atoms with Crippen molar-refractivity contribution >= 4 is 17.3 Å². The van der Waals surface area contributed by atoms with Crippen LogP contribution in [0.5, 0.6) is 0 Å². The second-order valence-electron chi connectivity index (χ2n) is 9.26. The van der Waals surface area contributed by atoms with E-state index in [0.29, 0.717) is 31.1 Å². The van der Waals surface area contributed by atoms with E-state index in [2.05, 4.69) is 35.8 Å². The molecule has 2 fully saturated rings. The summed E-state index contributed by atoms with van der Waals surface area (Å²) in [6.45, 7) is 10.4. The maximum atomic E-state index is 10.4. The third kappa shape index (κ3) is 4.25. The summed E-state index contributed by atoms with van der Waals surface area (Å²) in [6, 6.07) is 8.03. The molecule has 1 aromatic carbocycles. The standard InChI is InChI=1S/C23H33ClN2O2/c1-23(2)18-7-6-17(22(23)12-18)15-28-16-21(27)14-25-8-10-26(11-9-25)20-5-3-4-19(24)13-20/h3-6,13,18,21-22,27H,7-12,14-16H2,1-2H3/t18-,21-,22-/m1/s1. The molecule has 0 spiro atoms. The molecule has 1 saturated carbocycles. The largest absolute Gasteiger partial charge is 0.389 e. The lowest BCUT2D eigenvalue weighted by Crippen LogP contribution is -2.49. The summed E-state index contributed by atoms with van der Waals surface area (Å²) in [7, 11) is 0. The molecule has 1 aliphatic heterocycles. The molecule has 2 bridgehead atoms. The Labute approximate surface area is 174 Å². The zero-order valence-corrected chi connectivity index (χ0v) is 17.9. The van der Waals surface area contributed by atoms with Crippen LogP contribution in [0.4, 0.5) is 5.69 Å². The molecule has 3 atom stereocenters. The van der Waals surface area contributed by atoms with Gasteiger partial charge in [-0.3, -0.25) is 4.90 Å². The number of anilines is 1. The number of fused-ring (bicyclic) bond motifs is 1. The Kier molecular flexibility index (Phi) is 6.03. The zero-order chi connectivity index (χ0) is 19.7. The second-order valence-corrected chi connectivity index (χ2v) is 9.69. The molecule has 0 amide bonds. The maximum Gasteiger partial charge on any atom is 0.0900 e. The van der Waals surface area contributed by atoms with Crippen molar-refractivity contribution in [2.24, 2.45) is 17.3 Å². The summed E-state index contributed by atoms with van der Waals surface area (Å²) in [5.74, 6) is 1.54. The predicted octanol–water partition coefficient (Wildman–Crippen LogP) is 3.83. The van der Waals surface area contributed by atoms with Crippen molar-refractivity contribution in [3.63, 3.8) is 0 Å². The smallest absolute Gasteiger partial charge is 0.0900 e. The van der Waals surface area contributed by atoms with E-state index in [1.165, 1.54) is 24.1 Å². The summed E-state index contributed by atoms with van der Waals surface area (Å²) in [6.07, 6.45) is 4.47. The van der Waals surface area contributed by atoms with Gasteiger partial charge in [-0.25, -0.2) is 0 Å². The molecule has 4 nitrogen and oxygen atoms in total. The van der Waals surface area contributed by atoms with Crippen molar-refractivity contribution in [1.29, 1.82) is 0 Å². The highest BCUT2D eigenvalue weighted by Gasteiger charge is 2.50. The number of benzene rings is 1. The van der Waals surface area contributed by atoms with Gasteiger partial charge in [0.25, 0.3) is 0 Å². The van der Waals surface area contributed by atoms with Crippen LogP contribution >= 0.6 is 11.6 Å². The van der Waals surface area contributed by atoms with Gasteiger partial charge >= 0.3 is 0 Å². The van der Waals surface area contributed by atoms with Crippen LogP contribution in [0.15, 0.2) is 35.9 Å². The predicted molar refractivity (Wildman–Crippen MR) is 115 cm³/mol. The van der Waals surface area contributed by atoms with Crippen LogP contribution in [-0.2, 0) is 4.74 Å². The van der Waals surface area contributed by atoms with Gasteiger partial charge in [0.1, 0.15) is 0 Å². The lowest BCUT2D eigenvalue weighted by atomic mass is 9.49. The fourth-order valence-corrected chi connectivity index (χ4v) is 5.35. The number of allylic oxidation sites excluding steroid dienone is 1. The van der Waals surface area contributed by atoms with Crippen LogP contribution < -0.4 is 4.90 Å². The molecule has 154 valence electrons. The van der Waals surface area contributed by atoms with Gasteiger partial charge in [-0.2, -0.15) is 0 Å². The summed E-state index contributed by atoms with van der Waals surface area (Å²) in [5, 5.41) is 11.2. The third-order valence-electron chi connectivity index (χ3n) is 7.18. The molecule has 1 heterocycles. The maximum absolute atomic E-state index is 10.4. The average Bonchev–Trinajstić information content (AvgIpc) is 2.68. The number of ether oxygens (including phenoxy) is 1. The van der Waals surface area contributed by atoms with Crippen LogP contribution in [0.1, 0.15) is 26.7 Å². The van der Waals surface area contributed by atoms with Crippen LogP contribution in [-0.4, -0.2) is 62.0 Å². The molecular formula is C23H33ClN2O2. The minimum atomic E-state index is -0.427. The molecule has 0 unspecified atom stereocenters. The second kappa shape index (κ2) is 8.35. The van der Waals surface area contributed by atoms with Crippen molar-refractivity contribution in [2.45, 2.75) is 32.8 Å². The first-order valence-corrected chi connectivity index (χ1v) is 11.0. The topological polar surface area (TPSA) is 35.9 Å². The summed E-state index contributed by atoms with van der Waals surface area (Å²) >= 11 is 6.11. The van der Waals surface area contributed by atoms with Crippen LogP contribution in [0.2, 0.25) is 5.02 Å². The lowest BCUT2D eigenvalue weighted by Gasteiger charge is -2.56. The molecule has 1 aromatic rings. The van der Waals surface area contributed by atoms with Gasteiger partial charge in [-0.05, 0) is 53.9 Å². The van der Waals surface area contributed by atoms with E-state index in [1.807, 2.05) is 18.2 Å². The number of nitrogens with zero attached hydrogens (tertiary/aromatic N) is 2. The molecule has 0 radical (unpaired) electrons. The highest BCUT2D eigenvalue weighted by Crippen LogP contribution is 2.59. The Morgan fingerprint density at radius 2 is 2.04 bits per heavy atom. The molecule has 4 aliphatic rings. The molecule has 5 rings (SSSR count). The van der Waals surface area contributed by atoms with Gasteiger partial charge < -0.3 is 14.7 Å². The first kappa shape index (κ1) is 20.2. The van der Waals surface area contributed by atoms with E-state index < -0.39 is 6.10 Å². The van der Waals surface area contributed by atoms with Gasteiger partial charge in [-0.15, -0.1) is 0 Å². The minimum Gasteiger partial charge on any atom is -0.389 e. The first-order chi connectivity index (χ1) is 13.4. The molecule has 1 saturated heterocycles. The lowest BCUT2D eigenvalue weighted by molar-refractivity contribution is -0.0262. The first-order valence-electron chi connectivity index (χ1n) is 10.6. The van der Waals surface area contributed by atoms with Gasteiger partial charge in [0.15, 0.2) is 0 Å². The van der Waals surface area contributed by atoms with Gasteiger partial charge in [0.2, 0.25) is 0 Å². The van der Waals surface area contributed by atoms with Crippen molar-refractivity contribution in [2.75, 3.05) is 50.8 Å². The van der Waals surface area contributed by atoms with E-state index in [1.54, 1.807) is 0 Å². The number of aliphatic hydroxyl groups excluding tert-OH is 1. The number of aliphatic hydroxyl groups is 1. The number of hydrogen-bond donors (Lipinski definition) is 1. The van der Waals surface area contributed by atoms with Gasteiger partial charge in [-0.1, -0.05) is 37.6 Å². The highest BCUT2D eigenvalue weighted by molar-refractivity contribution is 6.30. The van der Waals surface area contributed by atoms with Crippen molar-refractivity contribution in [3.8, 4) is 0 Å². The van der Waals surface area contributed by atoms with Crippen LogP contribution in [0.3, 0.4) is 0 Å². The molecule has 28 heavy (non-hydrogen) atoms. The van der Waals surface area contributed by atoms with E-state index in [-0.39, 0.29) is 0 Å². The molecular weight excluding hydrogens is 372 g/mol. The number of hydrogen-bond acceptors (Lipinski definition) is 4. The quantitative estimate of drug-likeness (QED) is 0.700. The minimum absolute atomic E-state index is 0.419. The Balaban J connectivity index is 1.16. The Morgan fingerprint density at radius 1 is 1.25 bits per heavy atom.